The van der Waals surface area contributed by atoms with Crippen molar-refractivity contribution in [2.45, 2.75) is 45.1 Å². The van der Waals surface area contributed by atoms with Crippen LogP contribution >= 0.6 is 0 Å². The topological polar surface area (TPSA) is 46.3 Å². The molecule has 0 aromatic rings. The minimum absolute atomic E-state index is 0.194. The van der Waals surface area contributed by atoms with E-state index < -0.39 is 0 Å². The molecule has 1 fully saturated rings. The molecule has 0 aromatic carbocycles. The monoisotopic (exact) mass is 184 g/mol. The van der Waals surface area contributed by atoms with Gasteiger partial charge in [-0.15, -0.1) is 0 Å². The van der Waals surface area contributed by atoms with Crippen LogP contribution in [-0.4, -0.2) is 29.9 Å². The quantitative estimate of drug-likeness (QED) is 0.714. The van der Waals surface area contributed by atoms with Crippen LogP contribution in [0.2, 0.25) is 0 Å². The van der Waals surface area contributed by atoms with Crippen molar-refractivity contribution in [1.82, 2.24) is 4.90 Å². The number of amides is 1. The summed E-state index contributed by atoms with van der Waals surface area (Å²) in [6.45, 7) is 3.67. The zero-order valence-electron chi connectivity index (χ0n) is 8.46. The maximum atomic E-state index is 10.8. The molecule has 0 bridgehead atoms. The SMILES string of the molecule is CCC1CCCCCN1CC(N)=O. The average Bonchev–Trinajstić information content (AvgIpc) is 2.28. The first-order valence-corrected chi connectivity index (χ1v) is 5.26. The number of carbonyl (C=O) groups excluding carboxylic acids is 1. The molecule has 1 rings (SSSR count). The van der Waals surface area contributed by atoms with E-state index in [0.29, 0.717) is 12.6 Å². The van der Waals surface area contributed by atoms with Crippen LogP contribution in [0.4, 0.5) is 0 Å². The number of likely N-dealkylation sites (tertiary alicyclic amines) is 1. The Balaban J connectivity index is 2.48. The van der Waals surface area contributed by atoms with Gasteiger partial charge in [0.1, 0.15) is 0 Å². The second-order valence-electron chi connectivity index (χ2n) is 3.85. The van der Waals surface area contributed by atoms with Gasteiger partial charge in [0.2, 0.25) is 5.91 Å². The fourth-order valence-corrected chi connectivity index (χ4v) is 2.11. The van der Waals surface area contributed by atoms with Crippen LogP contribution in [0.1, 0.15) is 39.0 Å². The van der Waals surface area contributed by atoms with Gasteiger partial charge in [0.15, 0.2) is 0 Å². The molecule has 2 N–H and O–H groups in total. The van der Waals surface area contributed by atoms with Crippen LogP contribution in [0, 0.1) is 0 Å². The standard InChI is InChI=1S/C10H20N2O/c1-2-9-6-4-3-5-7-12(9)8-10(11)13/h9H,2-8H2,1H3,(H2,11,13). The number of nitrogens with two attached hydrogens (primary N) is 1. The Kier molecular flexibility index (Phi) is 4.22. The molecule has 13 heavy (non-hydrogen) atoms. The van der Waals surface area contributed by atoms with Gasteiger partial charge < -0.3 is 5.73 Å². The summed E-state index contributed by atoms with van der Waals surface area (Å²) < 4.78 is 0. The highest BCUT2D eigenvalue weighted by Crippen LogP contribution is 2.18. The van der Waals surface area contributed by atoms with Crippen LogP contribution < -0.4 is 5.73 Å². The first-order valence-electron chi connectivity index (χ1n) is 5.26. The summed E-state index contributed by atoms with van der Waals surface area (Å²) in [5.74, 6) is -0.194. The number of carbonyl (C=O) groups is 1. The van der Waals surface area contributed by atoms with Crippen molar-refractivity contribution in [2.75, 3.05) is 13.1 Å². The molecule has 3 nitrogen and oxygen atoms in total. The van der Waals surface area contributed by atoms with E-state index in [9.17, 15) is 4.79 Å². The average molecular weight is 184 g/mol. The lowest BCUT2D eigenvalue weighted by atomic mass is 10.1. The van der Waals surface area contributed by atoms with Crippen molar-refractivity contribution in [2.24, 2.45) is 5.73 Å². The maximum absolute atomic E-state index is 10.8. The summed E-state index contributed by atoms with van der Waals surface area (Å²) in [7, 11) is 0. The predicted molar refractivity (Wildman–Crippen MR) is 53.3 cm³/mol. The van der Waals surface area contributed by atoms with Gasteiger partial charge in [-0.3, -0.25) is 9.69 Å². The molecule has 1 saturated heterocycles. The maximum Gasteiger partial charge on any atom is 0.231 e. The van der Waals surface area contributed by atoms with E-state index in [1.165, 1.54) is 25.7 Å². The van der Waals surface area contributed by atoms with E-state index in [-0.39, 0.29) is 5.91 Å². The molecule has 1 amide bonds. The highest BCUT2D eigenvalue weighted by atomic mass is 16.1. The Bertz CT molecular complexity index is 170. The lowest BCUT2D eigenvalue weighted by Gasteiger charge is -2.27. The second-order valence-corrected chi connectivity index (χ2v) is 3.85. The van der Waals surface area contributed by atoms with Gasteiger partial charge in [-0.1, -0.05) is 19.8 Å². The van der Waals surface area contributed by atoms with E-state index >= 15 is 0 Å². The largest absolute Gasteiger partial charge is 0.369 e. The molecule has 3 heteroatoms. The summed E-state index contributed by atoms with van der Waals surface area (Å²) in [5, 5.41) is 0. The zero-order valence-corrected chi connectivity index (χ0v) is 8.46. The number of rotatable bonds is 3. The molecule has 0 radical (unpaired) electrons. The lowest BCUT2D eigenvalue weighted by molar-refractivity contribution is -0.119. The number of primary amides is 1. The van der Waals surface area contributed by atoms with Crippen molar-refractivity contribution in [1.29, 1.82) is 0 Å². The van der Waals surface area contributed by atoms with Gasteiger partial charge in [0.05, 0.1) is 6.54 Å². The van der Waals surface area contributed by atoms with E-state index in [4.69, 9.17) is 5.73 Å². The fourth-order valence-electron chi connectivity index (χ4n) is 2.11. The molecule has 1 aliphatic heterocycles. The first-order chi connectivity index (χ1) is 6.24. The van der Waals surface area contributed by atoms with Crippen molar-refractivity contribution in [3.63, 3.8) is 0 Å². The van der Waals surface area contributed by atoms with Crippen LogP contribution in [-0.2, 0) is 4.79 Å². The van der Waals surface area contributed by atoms with E-state index in [0.717, 1.165) is 13.0 Å². The number of nitrogens with zero attached hydrogens (tertiary/aromatic N) is 1. The second kappa shape index (κ2) is 5.22. The molecule has 1 atom stereocenters. The zero-order chi connectivity index (χ0) is 9.68. The van der Waals surface area contributed by atoms with E-state index in [1.54, 1.807) is 0 Å². The van der Waals surface area contributed by atoms with Crippen molar-refractivity contribution in [3.05, 3.63) is 0 Å². The summed E-state index contributed by atoms with van der Waals surface area (Å²) in [6.07, 6.45) is 6.17. The summed E-state index contributed by atoms with van der Waals surface area (Å²) in [4.78, 5) is 13.1. The number of hydrogen-bond acceptors (Lipinski definition) is 2. The van der Waals surface area contributed by atoms with Crippen molar-refractivity contribution in [3.8, 4) is 0 Å². The fraction of sp³-hybridized carbons (Fsp3) is 0.900. The third-order valence-corrected chi connectivity index (χ3v) is 2.83. The van der Waals surface area contributed by atoms with Crippen molar-refractivity contribution < 1.29 is 4.79 Å². The molecule has 0 aromatic heterocycles. The van der Waals surface area contributed by atoms with Crippen LogP contribution in [0.5, 0.6) is 0 Å². The first kappa shape index (κ1) is 10.5. The Hall–Kier alpha value is -0.570. The van der Waals surface area contributed by atoms with Crippen LogP contribution in [0.15, 0.2) is 0 Å². The molecule has 1 heterocycles. The summed E-state index contributed by atoms with van der Waals surface area (Å²) >= 11 is 0. The molecule has 0 saturated carbocycles. The van der Waals surface area contributed by atoms with Gasteiger partial charge in [-0.25, -0.2) is 0 Å². The van der Waals surface area contributed by atoms with E-state index in [1.807, 2.05) is 0 Å². The molecule has 1 aliphatic rings. The lowest BCUT2D eigenvalue weighted by Crippen LogP contribution is -2.40. The third-order valence-electron chi connectivity index (χ3n) is 2.83. The van der Waals surface area contributed by atoms with Gasteiger partial charge in [-0.2, -0.15) is 0 Å². The Morgan fingerprint density at radius 1 is 1.46 bits per heavy atom. The van der Waals surface area contributed by atoms with E-state index in [2.05, 4.69) is 11.8 Å². The Morgan fingerprint density at radius 2 is 2.23 bits per heavy atom. The predicted octanol–water partition coefficient (Wildman–Crippen LogP) is 1.13. The summed E-state index contributed by atoms with van der Waals surface area (Å²) in [6, 6.07) is 0.579. The molecule has 0 spiro atoms. The third kappa shape index (κ3) is 3.35. The van der Waals surface area contributed by atoms with Crippen LogP contribution in [0.3, 0.4) is 0 Å². The van der Waals surface area contributed by atoms with Gasteiger partial charge in [0, 0.05) is 6.04 Å². The molecule has 1 unspecified atom stereocenters. The Morgan fingerprint density at radius 3 is 2.85 bits per heavy atom. The molecule has 76 valence electrons. The minimum Gasteiger partial charge on any atom is -0.369 e. The van der Waals surface area contributed by atoms with Crippen molar-refractivity contribution >= 4 is 5.91 Å². The van der Waals surface area contributed by atoms with Gasteiger partial charge >= 0.3 is 0 Å². The highest BCUT2D eigenvalue weighted by molar-refractivity contribution is 5.75. The van der Waals surface area contributed by atoms with Crippen LogP contribution in [0.25, 0.3) is 0 Å². The normalized spacial score (nSPS) is 25.5. The molecular weight excluding hydrogens is 164 g/mol. The highest BCUT2D eigenvalue weighted by Gasteiger charge is 2.20. The molecule has 0 aliphatic carbocycles. The molecular formula is C10H20N2O. The van der Waals surface area contributed by atoms with Gasteiger partial charge in [-0.05, 0) is 25.8 Å². The summed E-state index contributed by atoms with van der Waals surface area (Å²) in [5.41, 5.74) is 5.21. The Labute approximate surface area is 80.3 Å². The smallest absolute Gasteiger partial charge is 0.231 e. The number of hydrogen-bond donors (Lipinski definition) is 1. The van der Waals surface area contributed by atoms with Gasteiger partial charge in [0.25, 0.3) is 0 Å². The minimum atomic E-state index is -0.194.